The number of rotatable bonds is 3. The van der Waals surface area contributed by atoms with E-state index in [4.69, 9.17) is 5.73 Å². The molecule has 89 valence electrons. The predicted octanol–water partition coefficient (Wildman–Crippen LogP) is 1.96. The van der Waals surface area contributed by atoms with Crippen LogP contribution in [0.25, 0.3) is 11.0 Å². The number of benzene rings is 1. The van der Waals surface area contributed by atoms with E-state index in [1.54, 1.807) is 6.20 Å². The summed E-state index contributed by atoms with van der Waals surface area (Å²) >= 11 is 0. The third kappa shape index (κ3) is 1.91. The zero-order valence-corrected chi connectivity index (χ0v) is 9.64. The second kappa shape index (κ2) is 4.46. The Bertz CT molecular complexity index is 674. The van der Waals surface area contributed by atoms with Gasteiger partial charge in [0.15, 0.2) is 0 Å². The highest BCUT2D eigenvalue weighted by atomic mass is 15.0. The summed E-state index contributed by atoms with van der Waals surface area (Å²) in [5, 5.41) is 4.09. The van der Waals surface area contributed by atoms with Crippen molar-refractivity contribution in [3.8, 4) is 0 Å². The lowest BCUT2D eigenvalue weighted by atomic mass is 10.2. The standard InChI is InChI=1S/C13H12N5/c14-7-9-2-1-3-10(6-9)18-13-11-4-5-15-12(11)16-8-17-13/h1-3,5-6,8H,7,14H2,(H2,15,16,17,18). The van der Waals surface area contributed by atoms with Crippen LogP contribution in [-0.2, 0) is 6.54 Å². The van der Waals surface area contributed by atoms with Gasteiger partial charge in [0.2, 0.25) is 0 Å². The Morgan fingerprint density at radius 2 is 2.28 bits per heavy atom. The van der Waals surface area contributed by atoms with Gasteiger partial charge in [0.1, 0.15) is 17.8 Å². The highest BCUT2D eigenvalue weighted by Gasteiger charge is 2.04. The maximum Gasteiger partial charge on any atom is 0.143 e. The van der Waals surface area contributed by atoms with Crippen LogP contribution in [0.5, 0.6) is 0 Å². The molecule has 0 saturated carbocycles. The second-order valence-electron chi connectivity index (χ2n) is 3.91. The molecule has 3 rings (SSSR count). The molecule has 0 saturated heterocycles. The lowest BCUT2D eigenvalue weighted by Crippen LogP contribution is -1.99. The van der Waals surface area contributed by atoms with Gasteiger partial charge in [-0.15, -0.1) is 0 Å². The highest BCUT2D eigenvalue weighted by molar-refractivity contribution is 5.88. The molecule has 1 aromatic carbocycles. The lowest BCUT2D eigenvalue weighted by Gasteiger charge is -2.07. The first-order chi connectivity index (χ1) is 8.86. The Kier molecular flexibility index (Phi) is 2.66. The van der Waals surface area contributed by atoms with Gasteiger partial charge in [-0.1, -0.05) is 12.1 Å². The molecule has 4 N–H and O–H groups in total. The van der Waals surface area contributed by atoms with E-state index in [9.17, 15) is 0 Å². The summed E-state index contributed by atoms with van der Waals surface area (Å²) < 4.78 is 0. The summed E-state index contributed by atoms with van der Waals surface area (Å²) in [5.74, 6) is 0.732. The maximum absolute atomic E-state index is 5.62. The van der Waals surface area contributed by atoms with Crippen LogP contribution in [0.4, 0.5) is 11.5 Å². The fourth-order valence-electron chi connectivity index (χ4n) is 1.82. The highest BCUT2D eigenvalue weighted by Crippen LogP contribution is 2.22. The number of aromatic nitrogens is 3. The summed E-state index contributed by atoms with van der Waals surface area (Å²) in [6.07, 6.45) is 3.24. The maximum atomic E-state index is 5.62. The topological polar surface area (TPSA) is 79.6 Å². The number of hydrogen-bond acceptors (Lipinski definition) is 4. The third-order valence-electron chi connectivity index (χ3n) is 2.70. The quantitative estimate of drug-likeness (QED) is 0.651. The molecule has 0 aliphatic heterocycles. The molecule has 0 fully saturated rings. The molecular weight excluding hydrogens is 226 g/mol. The number of nitrogens with zero attached hydrogens (tertiary/aromatic N) is 2. The molecular formula is C13H12N5. The molecule has 1 radical (unpaired) electrons. The molecule has 0 aliphatic carbocycles. The van der Waals surface area contributed by atoms with Crippen LogP contribution in [-0.4, -0.2) is 15.0 Å². The molecule has 0 spiro atoms. The van der Waals surface area contributed by atoms with E-state index in [1.807, 2.05) is 24.3 Å². The molecule has 3 aromatic rings. The zero-order valence-electron chi connectivity index (χ0n) is 9.64. The van der Waals surface area contributed by atoms with Crippen molar-refractivity contribution in [1.82, 2.24) is 15.0 Å². The van der Waals surface area contributed by atoms with Gasteiger partial charge in [-0.05, 0) is 17.7 Å². The van der Waals surface area contributed by atoms with Crippen molar-refractivity contribution >= 4 is 22.5 Å². The van der Waals surface area contributed by atoms with Crippen molar-refractivity contribution in [2.75, 3.05) is 5.32 Å². The van der Waals surface area contributed by atoms with Crippen molar-refractivity contribution in [3.05, 3.63) is 48.4 Å². The van der Waals surface area contributed by atoms with Crippen LogP contribution in [0.1, 0.15) is 5.56 Å². The van der Waals surface area contributed by atoms with E-state index in [2.05, 4.69) is 26.3 Å². The van der Waals surface area contributed by atoms with Crippen LogP contribution >= 0.6 is 0 Å². The Morgan fingerprint density at radius 1 is 1.33 bits per heavy atom. The van der Waals surface area contributed by atoms with Gasteiger partial charge >= 0.3 is 0 Å². The van der Waals surface area contributed by atoms with Gasteiger partial charge in [0.25, 0.3) is 0 Å². The summed E-state index contributed by atoms with van der Waals surface area (Å²) in [5.41, 5.74) is 8.41. The average molecular weight is 238 g/mol. The van der Waals surface area contributed by atoms with Crippen LogP contribution in [0.2, 0.25) is 0 Å². The van der Waals surface area contributed by atoms with Gasteiger partial charge in [-0.3, -0.25) is 0 Å². The fraction of sp³-hybridized carbons (Fsp3) is 0.0769. The van der Waals surface area contributed by atoms with Crippen molar-refractivity contribution in [1.29, 1.82) is 0 Å². The molecule has 0 bridgehead atoms. The zero-order chi connectivity index (χ0) is 12.4. The van der Waals surface area contributed by atoms with E-state index in [0.717, 1.165) is 28.1 Å². The van der Waals surface area contributed by atoms with Crippen molar-refractivity contribution in [2.24, 2.45) is 5.73 Å². The molecule has 0 atom stereocenters. The molecule has 0 unspecified atom stereocenters. The van der Waals surface area contributed by atoms with Gasteiger partial charge in [0, 0.05) is 24.5 Å². The Hall–Kier alpha value is -2.40. The monoisotopic (exact) mass is 238 g/mol. The van der Waals surface area contributed by atoms with Gasteiger partial charge < -0.3 is 16.0 Å². The number of hydrogen-bond donors (Lipinski definition) is 3. The van der Waals surface area contributed by atoms with Crippen molar-refractivity contribution < 1.29 is 0 Å². The molecule has 0 aliphatic rings. The minimum atomic E-state index is 0.519. The molecule has 5 nitrogen and oxygen atoms in total. The Balaban J connectivity index is 1.98. The number of fused-ring (bicyclic) bond motifs is 1. The molecule has 18 heavy (non-hydrogen) atoms. The summed E-state index contributed by atoms with van der Waals surface area (Å²) in [6, 6.07) is 11.0. The van der Waals surface area contributed by atoms with Crippen LogP contribution in [0, 0.1) is 6.07 Å². The smallest absolute Gasteiger partial charge is 0.143 e. The van der Waals surface area contributed by atoms with Crippen molar-refractivity contribution in [3.63, 3.8) is 0 Å². The normalized spacial score (nSPS) is 10.7. The van der Waals surface area contributed by atoms with Crippen LogP contribution in [0.15, 0.2) is 36.8 Å². The Labute approximate surface area is 104 Å². The largest absolute Gasteiger partial charge is 0.345 e. The van der Waals surface area contributed by atoms with Crippen LogP contribution in [0.3, 0.4) is 0 Å². The lowest BCUT2D eigenvalue weighted by molar-refractivity contribution is 1.07. The molecule has 2 aromatic heterocycles. The predicted molar refractivity (Wildman–Crippen MR) is 70.3 cm³/mol. The number of H-pyrrole nitrogens is 1. The van der Waals surface area contributed by atoms with E-state index in [-0.39, 0.29) is 0 Å². The summed E-state index contributed by atoms with van der Waals surface area (Å²) in [7, 11) is 0. The van der Waals surface area contributed by atoms with E-state index in [1.165, 1.54) is 6.33 Å². The minimum Gasteiger partial charge on any atom is -0.345 e. The number of aromatic amines is 1. The fourth-order valence-corrected chi connectivity index (χ4v) is 1.82. The third-order valence-corrected chi connectivity index (χ3v) is 2.70. The first kappa shape index (κ1) is 10.7. The molecule has 2 heterocycles. The Morgan fingerprint density at radius 3 is 3.17 bits per heavy atom. The SMILES string of the molecule is NCc1cccc(Nc2ncnc3[nH]c[c]c23)c1. The number of anilines is 2. The minimum absolute atomic E-state index is 0.519. The summed E-state index contributed by atoms with van der Waals surface area (Å²) in [4.78, 5) is 11.3. The molecule has 0 amide bonds. The second-order valence-corrected chi connectivity index (χ2v) is 3.91. The van der Waals surface area contributed by atoms with E-state index >= 15 is 0 Å². The average Bonchev–Trinajstić information content (AvgIpc) is 2.88. The first-order valence-electron chi connectivity index (χ1n) is 5.62. The van der Waals surface area contributed by atoms with Crippen LogP contribution < -0.4 is 11.1 Å². The van der Waals surface area contributed by atoms with Gasteiger partial charge in [0.05, 0.1) is 5.39 Å². The van der Waals surface area contributed by atoms with E-state index in [0.29, 0.717) is 6.54 Å². The van der Waals surface area contributed by atoms with Gasteiger partial charge in [-0.25, -0.2) is 9.97 Å². The first-order valence-corrected chi connectivity index (χ1v) is 5.62. The molecule has 5 heteroatoms. The van der Waals surface area contributed by atoms with Gasteiger partial charge in [-0.2, -0.15) is 0 Å². The van der Waals surface area contributed by atoms with E-state index < -0.39 is 0 Å². The number of nitrogens with one attached hydrogen (secondary N) is 2. The number of nitrogens with two attached hydrogens (primary N) is 1. The van der Waals surface area contributed by atoms with Crippen molar-refractivity contribution in [2.45, 2.75) is 6.54 Å². The summed E-state index contributed by atoms with van der Waals surface area (Å²) in [6.45, 7) is 0.519.